The minimum Gasteiger partial charge on any atom is -0.264 e. The molecule has 0 aliphatic heterocycles. The monoisotopic (exact) mass is 139 g/mol. The maximum Gasteiger partial charge on any atom is 0.228 e. The molecule has 0 aromatic carbocycles. The Bertz CT molecular complexity index is 194. The molecule has 0 aromatic rings. The first-order valence-electron chi connectivity index (χ1n) is 3.26. The lowest BCUT2D eigenvalue weighted by Crippen LogP contribution is -2.03. The van der Waals surface area contributed by atoms with Crippen molar-refractivity contribution in [2.75, 3.05) is 6.54 Å². The Kier molecular flexibility index (Phi) is 2.20. The quantitative estimate of drug-likeness (QED) is 0.430. The fraction of sp³-hybridized carbons (Fsp3) is 0.429. The summed E-state index contributed by atoms with van der Waals surface area (Å²) in [6, 6.07) is 0. The van der Waals surface area contributed by atoms with Crippen molar-refractivity contribution in [2.45, 2.75) is 12.8 Å². The number of rotatable bonds is 2. The number of nitrogens with zero attached hydrogens (tertiary/aromatic N) is 1. The Morgan fingerprint density at radius 1 is 1.60 bits per heavy atom. The zero-order valence-corrected chi connectivity index (χ0v) is 5.62. The minimum atomic E-state index is -0.304. The molecule has 0 saturated carbocycles. The smallest absolute Gasteiger partial charge is 0.228 e. The van der Waals surface area contributed by atoms with Gasteiger partial charge in [0.1, 0.15) is 0 Å². The third-order valence-corrected chi connectivity index (χ3v) is 1.38. The molecule has 0 amide bonds. The highest BCUT2D eigenvalue weighted by atomic mass is 16.6. The summed E-state index contributed by atoms with van der Waals surface area (Å²) in [6.07, 6.45) is 7.68. The van der Waals surface area contributed by atoms with E-state index in [0.717, 1.165) is 18.4 Å². The maximum atomic E-state index is 10.00. The maximum absolute atomic E-state index is 10.00. The third kappa shape index (κ3) is 2.01. The molecular formula is C7H9NO2. The first-order valence-corrected chi connectivity index (χ1v) is 3.26. The van der Waals surface area contributed by atoms with Gasteiger partial charge >= 0.3 is 0 Å². The van der Waals surface area contributed by atoms with Gasteiger partial charge in [-0.25, -0.2) is 0 Å². The van der Waals surface area contributed by atoms with Crippen molar-refractivity contribution < 1.29 is 4.92 Å². The number of nitro groups is 1. The first kappa shape index (κ1) is 6.99. The summed E-state index contributed by atoms with van der Waals surface area (Å²) >= 11 is 0. The van der Waals surface area contributed by atoms with Gasteiger partial charge in [0.15, 0.2) is 0 Å². The lowest BCUT2D eigenvalue weighted by atomic mass is 10.1. The Labute approximate surface area is 59.2 Å². The van der Waals surface area contributed by atoms with Crippen LogP contribution in [0, 0.1) is 10.1 Å². The summed E-state index contributed by atoms with van der Waals surface area (Å²) in [5, 5.41) is 10.00. The van der Waals surface area contributed by atoms with Gasteiger partial charge in [0, 0.05) is 10.5 Å². The number of allylic oxidation sites excluding steroid dienone is 2. The molecule has 0 aromatic heterocycles. The van der Waals surface area contributed by atoms with Crippen molar-refractivity contribution >= 4 is 0 Å². The highest BCUT2D eigenvalue weighted by molar-refractivity contribution is 5.22. The largest absolute Gasteiger partial charge is 0.264 e. The van der Waals surface area contributed by atoms with Gasteiger partial charge in [-0.1, -0.05) is 18.2 Å². The highest BCUT2D eigenvalue weighted by Gasteiger charge is 2.02. The zero-order chi connectivity index (χ0) is 7.40. The van der Waals surface area contributed by atoms with E-state index in [1.165, 1.54) is 0 Å². The molecular weight excluding hydrogens is 130 g/mol. The molecule has 0 radical (unpaired) electrons. The van der Waals surface area contributed by atoms with Crippen molar-refractivity contribution in [3.05, 3.63) is 33.9 Å². The molecule has 0 bridgehead atoms. The van der Waals surface area contributed by atoms with Crippen LogP contribution in [0.3, 0.4) is 0 Å². The van der Waals surface area contributed by atoms with E-state index in [1.54, 1.807) is 0 Å². The van der Waals surface area contributed by atoms with Crippen molar-refractivity contribution in [2.24, 2.45) is 0 Å². The van der Waals surface area contributed by atoms with E-state index >= 15 is 0 Å². The van der Waals surface area contributed by atoms with E-state index in [2.05, 4.69) is 0 Å². The van der Waals surface area contributed by atoms with E-state index < -0.39 is 0 Å². The molecule has 3 heteroatoms. The van der Waals surface area contributed by atoms with Crippen LogP contribution in [0.1, 0.15) is 12.8 Å². The topological polar surface area (TPSA) is 43.1 Å². The Balaban J connectivity index is 2.48. The number of hydrogen-bond acceptors (Lipinski definition) is 2. The van der Waals surface area contributed by atoms with Crippen molar-refractivity contribution in [1.82, 2.24) is 0 Å². The molecule has 1 aliphatic rings. The van der Waals surface area contributed by atoms with Crippen LogP contribution in [-0.2, 0) is 0 Å². The molecule has 3 nitrogen and oxygen atoms in total. The van der Waals surface area contributed by atoms with Crippen LogP contribution >= 0.6 is 0 Å². The molecule has 0 spiro atoms. The minimum absolute atomic E-state index is 0.0313. The normalized spacial score (nSPS) is 16.6. The van der Waals surface area contributed by atoms with Crippen LogP contribution < -0.4 is 0 Å². The molecule has 1 aliphatic carbocycles. The summed E-state index contributed by atoms with van der Waals surface area (Å²) in [7, 11) is 0. The second kappa shape index (κ2) is 3.15. The van der Waals surface area contributed by atoms with Crippen molar-refractivity contribution in [3.8, 4) is 0 Å². The van der Waals surface area contributed by atoms with Gasteiger partial charge in [-0.05, 0) is 12.8 Å². The highest BCUT2D eigenvalue weighted by Crippen LogP contribution is 2.08. The van der Waals surface area contributed by atoms with Crippen LogP contribution in [-0.4, -0.2) is 11.5 Å². The predicted octanol–water partition coefficient (Wildman–Crippen LogP) is 1.54. The van der Waals surface area contributed by atoms with Crippen LogP contribution in [0.25, 0.3) is 0 Å². The molecule has 0 atom stereocenters. The van der Waals surface area contributed by atoms with E-state index in [4.69, 9.17) is 0 Å². The number of hydrogen-bond donors (Lipinski definition) is 0. The van der Waals surface area contributed by atoms with Gasteiger partial charge in [-0.3, -0.25) is 10.1 Å². The molecule has 0 saturated heterocycles. The second-order valence-corrected chi connectivity index (χ2v) is 2.25. The van der Waals surface area contributed by atoms with Crippen molar-refractivity contribution in [3.63, 3.8) is 0 Å². The molecule has 1 rings (SSSR count). The van der Waals surface area contributed by atoms with Gasteiger partial charge in [0.25, 0.3) is 0 Å². The summed E-state index contributed by atoms with van der Waals surface area (Å²) in [4.78, 5) is 9.69. The summed E-state index contributed by atoms with van der Waals surface area (Å²) < 4.78 is 0. The lowest BCUT2D eigenvalue weighted by molar-refractivity contribution is -0.470. The summed E-state index contributed by atoms with van der Waals surface area (Å²) in [5.74, 6) is 0. The van der Waals surface area contributed by atoms with Crippen LogP contribution in [0.2, 0.25) is 0 Å². The molecule has 54 valence electrons. The Hall–Kier alpha value is -1.12. The Morgan fingerprint density at radius 2 is 2.40 bits per heavy atom. The van der Waals surface area contributed by atoms with Gasteiger partial charge in [0.05, 0.1) is 0 Å². The van der Waals surface area contributed by atoms with Crippen molar-refractivity contribution in [1.29, 1.82) is 0 Å². The van der Waals surface area contributed by atoms with E-state index in [9.17, 15) is 10.1 Å². The Morgan fingerprint density at radius 3 is 2.90 bits per heavy atom. The van der Waals surface area contributed by atoms with E-state index in [-0.39, 0.29) is 11.5 Å². The van der Waals surface area contributed by atoms with Crippen LogP contribution in [0.4, 0.5) is 0 Å². The fourth-order valence-corrected chi connectivity index (χ4v) is 0.934. The second-order valence-electron chi connectivity index (χ2n) is 2.25. The summed E-state index contributed by atoms with van der Waals surface area (Å²) in [5.41, 5.74) is 0.830. The molecule has 10 heavy (non-hydrogen) atoms. The predicted molar refractivity (Wildman–Crippen MR) is 38.3 cm³/mol. The van der Waals surface area contributed by atoms with E-state index in [0.29, 0.717) is 0 Å². The average Bonchev–Trinajstić information content (AvgIpc) is 1.88. The van der Waals surface area contributed by atoms with Gasteiger partial charge in [-0.15, -0.1) is 0 Å². The summed E-state index contributed by atoms with van der Waals surface area (Å²) in [6.45, 7) is -0.0313. The third-order valence-electron chi connectivity index (χ3n) is 1.38. The van der Waals surface area contributed by atoms with Gasteiger partial charge < -0.3 is 0 Å². The molecule has 0 heterocycles. The van der Waals surface area contributed by atoms with Gasteiger partial charge in [0.2, 0.25) is 6.54 Å². The zero-order valence-electron chi connectivity index (χ0n) is 5.62. The van der Waals surface area contributed by atoms with Gasteiger partial charge in [-0.2, -0.15) is 0 Å². The fourth-order valence-electron chi connectivity index (χ4n) is 0.934. The van der Waals surface area contributed by atoms with Crippen LogP contribution in [0.15, 0.2) is 23.8 Å². The molecule has 0 N–H and O–H groups in total. The van der Waals surface area contributed by atoms with E-state index in [1.807, 2.05) is 18.2 Å². The lowest BCUT2D eigenvalue weighted by Gasteiger charge is -2.00. The van der Waals surface area contributed by atoms with Crippen LogP contribution in [0.5, 0.6) is 0 Å². The standard InChI is InChI=1S/C7H9NO2/c9-8(10)6-7-4-2-1-3-5-7/h2,4-5H,1,3,6H2. The SMILES string of the molecule is O=[N+]([O-])CC1=CCCC=C1. The average molecular weight is 139 g/mol. The molecule has 0 fully saturated rings. The molecule has 0 unspecified atom stereocenters. The first-order chi connectivity index (χ1) is 4.79.